The molecular weight excluding hydrogens is 442 g/mol. The van der Waals surface area contributed by atoms with Gasteiger partial charge in [0, 0.05) is 16.7 Å². The molecule has 0 saturated heterocycles. The van der Waals surface area contributed by atoms with Gasteiger partial charge in [-0.05, 0) is 48.0 Å². The summed E-state index contributed by atoms with van der Waals surface area (Å²) < 4.78 is 27.3. The molecule has 0 aliphatic rings. The van der Waals surface area contributed by atoms with Crippen LogP contribution in [-0.4, -0.2) is 35.9 Å². The van der Waals surface area contributed by atoms with Crippen LogP contribution in [0.3, 0.4) is 0 Å². The van der Waals surface area contributed by atoms with E-state index >= 15 is 0 Å². The van der Waals surface area contributed by atoms with Crippen molar-refractivity contribution in [3.8, 4) is 28.1 Å². The van der Waals surface area contributed by atoms with Crippen molar-refractivity contribution in [1.82, 2.24) is 14.9 Å². The number of aromatic hydroxyl groups is 1. The van der Waals surface area contributed by atoms with E-state index in [-0.39, 0.29) is 21.8 Å². The van der Waals surface area contributed by atoms with Crippen LogP contribution in [-0.2, 0) is 10.0 Å². The zero-order chi connectivity index (χ0) is 23.4. The van der Waals surface area contributed by atoms with Gasteiger partial charge in [0.15, 0.2) is 6.29 Å². The van der Waals surface area contributed by atoms with Crippen LogP contribution in [0.25, 0.3) is 22.4 Å². The van der Waals surface area contributed by atoms with E-state index in [0.29, 0.717) is 28.7 Å². The fourth-order valence-electron chi connectivity index (χ4n) is 3.22. The third-order valence-electron chi connectivity index (χ3n) is 4.89. The molecule has 0 aliphatic heterocycles. The number of rotatable bonds is 6. The van der Waals surface area contributed by atoms with Crippen LogP contribution >= 0.6 is 0 Å². The highest BCUT2D eigenvalue weighted by molar-refractivity contribution is 7.90. The van der Waals surface area contributed by atoms with E-state index in [1.165, 1.54) is 42.6 Å². The highest BCUT2D eigenvalue weighted by atomic mass is 32.2. The summed E-state index contributed by atoms with van der Waals surface area (Å²) in [7, 11) is -4.08. The van der Waals surface area contributed by atoms with Crippen LogP contribution < -0.4 is 4.72 Å². The molecule has 0 bridgehead atoms. The number of phenolic OH excluding ortho intramolecular Hbond substituents is 1. The van der Waals surface area contributed by atoms with Gasteiger partial charge in [-0.1, -0.05) is 36.4 Å². The standard InChI is InChI=1S/C24H17N3O5S/c28-15-19-14-18(8-11-22(19)29)21-12-13-25-26-23(21)16-6-9-20(10-7-16)33(31,32)27-24(30)17-4-2-1-3-5-17/h1-15,29H,(H,27,30). The Morgan fingerprint density at radius 1 is 0.909 bits per heavy atom. The number of hydrogen-bond acceptors (Lipinski definition) is 7. The molecule has 0 spiro atoms. The number of nitrogens with one attached hydrogen (secondary N) is 1. The number of benzene rings is 3. The monoisotopic (exact) mass is 459 g/mol. The van der Waals surface area contributed by atoms with Crippen LogP contribution in [0.15, 0.2) is 90.0 Å². The van der Waals surface area contributed by atoms with Crippen molar-refractivity contribution in [3.05, 3.63) is 96.2 Å². The Kier molecular flexibility index (Phi) is 5.97. The molecule has 1 amide bonds. The number of aromatic nitrogens is 2. The van der Waals surface area contributed by atoms with Gasteiger partial charge in [0.05, 0.1) is 16.7 Å². The van der Waals surface area contributed by atoms with Crippen LogP contribution in [0.2, 0.25) is 0 Å². The average Bonchev–Trinajstić information content (AvgIpc) is 2.85. The van der Waals surface area contributed by atoms with E-state index in [2.05, 4.69) is 14.9 Å². The number of carbonyl (C=O) groups is 2. The van der Waals surface area contributed by atoms with Gasteiger partial charge >= 0.3 is 0 Å². The first-order valence-electron chi connectivity index (χ1n) is 9.72. The maximum absolute atomic E-state index is 12.6. The molecule has 2 N–H and O–H groups in total. The number of phenols is 1. The van der Waals surface area contributed by atoms with Gasteiger partial charge < -0.3 is 5.11 Å². The van der Waals surface area contributed by atoms with Crippen LogP contribution in [0.4, 0.5) is 0 Å². The minimum atomic E-state index is -4.08. The predicted molar refractivity (Wildman–Crippen MR) is 121 cm³/mol. The van der Waals surface area contributed by atoms with E-state index in [9.17, 15) is 23.1 Å². The predicted octanol–water partition coefficient (Wildman–Crippen LogP) is 3.45. The molecule has 33 heavy (non-hydrogen) atoms. The minimum Gasteiger partial charge on any atom is -0.507 e. The first kappa shape index (κ1) is 21.8. The summed E-state index contributed by atoms with van der Waals surface area (Å²) in [4.78, 5) is 23.3. The molecule has 0 radical (unpaired) electrons. The van der Waals surface area contributed by atoms with Gasteiger partial charge in [-0.2, -0.15) is 5.10 Å². The van der Waals surface area contributed by atoms with E-state index < -0.39 is 15.9 Å². The topological polar surface area (TPSA) is 126 Å². The number of carbonyl (C=O) groups excluding carboxylic acids is 2. The third kappa shape index (κ3) is 4.63. The lowest BCUT2D eigenvalue weighted by Gasteiger charge is -2.11. The quantitative estimate of drug-likeness (QED) is 0.423. The molecule has 1 heterocycles. The normalized spacial score (nSPS) is 11.0. The van der Waals surface area contributed by atoms with Crippen LogP contribution in [0.5, 0.6) is 5.75 Å². The molecule has 0 atom stereocenters. The second-order valence-corrected chi connectivity index (χ2v) is 8.69. The number of aldehydes is 1. The van der Waals surface area contributed by atoms with Gasteiger partial charge in [0.2, 0.25) is 0 Å². The van der Waals surface area contributed by atoms with Gasteiger partial charge in [0.1, 0.15) is 11.4 Å². The minimum absolute atomic E-state index is 0.0890. The number of nitrogens with zero attached hydrogens (tertiary/aromatic N) is 2. The average molecular weight is 459 g/mol. The molecule has 0 unspecified atom stereocenters. The molecule has 9 heteroatoms. The smallest absolute Gasteiger partial charge is 0.264 e. The molecule has 8 nitrogen and oxygen atoms in total. The van der Waals surface area contributed by atoms with Crippen LogP contribution in [0, 0.1) is 0 Å². The first-order valence-corrected chi connectivity index (χ1v) is 11.2. The van der Waals surface area contributed by atoms with Crippen LogP contribution in [0.1, 0.15) is 20.7 Å². The van der Waals surface area contributed by atoms with Crippen molar-refractivity contribution in [2.24, 2.45) is 0 Å². The summed E-state index contributed by atoms with van der Waals surface area (Å²) in [5.41, 5.74) is 2.66. The van der Waals surface area contributed by atoms with Gasteiger partial charge in [-0.3, -0.25) is 9.59 Å². The van der Waals surface area contributed by atoms with Crippen molar-refractivity contribution in [3.63, 3.8) is 0 Å². The summed E-state index contributed by atoms with van der Waals surface area (Å²) in [5, 5.41) is 17.8. The second kappa shape index (κ2) is 9.01. The Morgan fingerprint density at radius 2 is 1.61 bits per heavy atom. The molecule has 4 aromatic rings. The van der Waals surface area contributed by atoms with Gasteiger partial charge in [0.25, 0.3) is 15.9 Å². The Labute approximate surface area is 189 Å². The molecule has 164 valence electrons. The summed E-state index contributed by atoms with van der Waals surface area (Å²) in [6.45, 7) is 0. The van der Waals surface area contributed by atoms with Crippen molar-refractivity contribution >= 4 is 22.2 Å². The second-order valence-electron chi connectivity index (χ2n) is 7.01. The highest BCUT2D eigenvalue weighted by Gasteiger charge is 2.19. The molecule has 0 saturated carbocycles. The molecule has 0 fully saturated rings. The summed E-state index contributed by atoms with van der Waals surface area (Å²) in [6, 6.07) is 20.1. The first-order chi connectivity index (χ1) is 15.9. The van der Waals surface area contributed by atoms with E-state index in [1.54, 1.807) is 42.5 Å². The number of sulfonamides is 1. The molecule has 1 aromatic heterocycles. The number of hydrogen-bond donors (Lipinski definition) is 2. The fourth-order valence-corrected chi connectivity index (χ4v) is 4.19. The zero-order valence-corrected chi connectivity index (χ0v) is 17.9. The van der Waals surface area contributed by atoms with E-state index in [1.807, 2.05) is 0 Å². The third-order valence-corrected chi connectivity index (χ3v) is 6.23. The lowest BCUT2D eigenvalue weighted by Crippen LogP contribution is -2.30. The fraction of sp³-hybridized carbons (Fsp3) is 0. The summed E-state index contributed by atoms with van der Waals surface area (Å²) in [5.74, 6) is -0.862. The van der Waals surface area contributed by atoms with Crippen molar-refractivity contribution in [2.45, 2.75) is 4.90 Å². The maximum Gasteiger partial charge on any atom is 0.264 e. The Bertz CT molecular complexity index is 1440. The molecule has 4 rings (SSSR count). The van der Waals surface area contributed by atoms with Gasteiger partial charge in [-0.25, -0.2) is 13.1 Å². The Balaban J connectivity index is 1.64. The maximum atomic E-state index is 12.6. The zero-order valence-electron chi connectivity index (χ0n) is 17.0. The lowest BCUT2D eigenvalue weighted by molar-refractivity contribution is 0.0981. The van der Waals surface area contributed by atoms with Crippen molar-refractivity contribution in [1.29, 1.82) is 0 Å². The Hall–Kier alpha value is -4.37. The number of amides is 1. The molecule has 0 aliphatic carbocycles. The lowest BCUT2D eigenvalue weighted by atomic mass is 9.98. The van der Waals surface area contributed by atoms with E-state index in [0.717, 1.165) is 0 Å². The summed E-state index contributed by atoms with van der Waals surface area (Å²) in [6.07, 6.45) is 2.04. The van der Waals surface area contributed by atoms with Crippen molar-refractivity contribution in [2.75, 3.05) is 0 Å². The SMILES string of the molecule is O=Cc1cc(-c2ccnnc2-c2ccc(S(=O)(=O)NC(=O)c3ccccc3)cc2)ccc1O. The molecular formula is C24H17N3O5S. The van der Waals surface area contributed by atoms with Gasteiger partial charge in [-0.15, -0.1) is 5.10 Å². The molecule has 3 aromatic carbocycles. The largest absolute Gasteiger partial charge is 0.507 e. The highest BCUT2D eigenvalue weighted by Crippen LogP contribution is 2.32. The summed E-state index contributed by atoms with van der Waals surface area (Å²) >= 11 is 0. The van der Waals surface area contributed by atoms with Crippen molar-refractivity contribution < 1.29 is 23.1 Å². The van der Waals surface area contributed by atoms with E-state index in [4.69, 9.17) is 0 Å². The Morgan fingerprint density at radius 3 is 2.30 bits per heavy atom.